The van der Waals surface area contributed by atoms with Crippen LogP contribution in [0.2, 0.25) is 5.02 Å². The second-order valence-corrected chi connectivity index (χ2v) is 7.40. The highest BCUT2D eigenvalue weighted by Gasteiger charge is 2.26. The van der Waals surface area contributed by atoms with Gasteiger partial charge >= 0.3 is 0 Å². The number of aromatic nitrogens is 1. The number of hydrogen-bond acceptors (Lipinski definition) is 4. The molecule has 1 aromatic carbocycles. The van der Waals surface area contributed by atoms with Gasteiger partial charge < -0.3 is 9.80 Å². The van der Waals surface area contributed by atoms with Crippen LogP contribution in [-0.2, 0) is 4.79 Å². The van der Waals surface area contributed by atoms with E-state index in [1.54, 1.807) is 0 Å². The SMILES string of the molecule is CCC(=O)N1CCN(C(=O)c2sc(-c3ccc(Cl)cc3)nc2C)CC1. The van der Waals surface area contributed by atoms with Gasteiger partial charge in [0.25, 0.3) is 5.91 Å². The Morgan fingerprint density at radius 2 is 1.72 bits per heavy atom. The number of amides is 2. The molecule has 2 aromatic rings. The number of halogens is 1. The molecule has 1 aliphatic heterocycles. The number of piperazine rings is 1. The summed E-state index contributed by atoms with van der Waals surface area (Å²) in [6.45, 7) is 6.05. The Kier molecular flexibility index (Phi) is 5.39. The van der Waals surface area contributed by atoms with E-state index in [1.807, 2.05) is 47.9 Å². The summed E-state index contributed by atoms with van der Waals surface area (Å²) < 4.78 is 0. The monoisotopic (exact) mass is 377 g/mol. The largest absolute Gasteiger partial charge is 0.339 e. The molecule has 1 aliphatic rings. The highest BCUT2D eigenvalue weighted by Crippen LogP contribution is 2.29. The summed E-state index contributed by atoms with van der Waals surface area (Å²) in [6.07, 6.45) is 0.506. The molecule has 1 saturated heterocycles. The van der Waals surface area contributed by atoms with Gasteiger partial charge in [-0.3, -0.25) is 9.59 Å². The van der Waals surface area contributed by atoms with Crippen LogP contribution in [0.25, 0.3) is 10.6 Å². The van der Waals surface area contributed by atoms with Crippen LogP contribution in [0.1, 0.15) is 28.7 Å². The summed E-state index contributed by atoms with van der Waals surface area (Å²) in [6, 6.07) is 7.45. The highest BCUT2D eigenvalue weighted by molar-refractivity contribution is 7.17. The van der Waals surface area contributed by atoms with Crippen LogP contribution in [0.3, 0.4) is 0 Å². The number of aryl methyl sites for hydroxylation is 1. The van der Waals surface area contributed by atoms with E-state index >= 15 is 0 Å². The third-order valence-electron chi connectivity index (χ3n) is 4.30. The lowest BCUT2D eigenvalue weighted by molar-refractivity contribution is -0.132. The molecular formula is C18H20ClN3O2S. The predicted molar refractivity (Wildman–Crippen MR) is 100 cm³/mol. The van der Waals surface area contributed by atoms with Gasteiger partial charge in [-0.2, -0.15) is 0 Å². The Bertz CT molecular complexity index is 780. The first-order chi connectivity index (χ1) is 12.0. The lowest BCUT2D eigenvalue weighted by Crippen LogP contribution is -2.50. The van der Waals surface area contributed by atoms with E-state index in [0.29, 0.717) is 42.5 Å². The minimum Gasteiger partial charge on any atom is -0.339 e. The fraction of sp³-hybridized carbons (Fsp3) is 0.389. The Hall–Kier alpha value is -1.92. The van der Waals surface area contributed by atoms with E-state index in [2.05, 4.69) is 4.98 Å². The smallest absolute Gasteiger partial charge is 0.265 e. The Labute approximate surface area is 156 Å². The number of hydrogen-bond donors (Lipinski definition) is 0. The molecule has 0 atom stereocenters. The summed E-state index contributed by atoms with van der Waals surface area (Å²) in [5.74, 6) is 0.143. The van der Waals surface area contributed by atoms with Gasteiger partial charge in [0, 0.05) is 43.2 Å². The van der Waals surface area contributed by atoms with Crippen molar-refractivity contribution in [2.45, 2.75) is 20.3 Å². The quantitative estimate of drug-likeness (QED) is 0.823. The molecule has 0 bridgehead atoms. The van der Waals surface area contributed by atoms with Crippen molar-refractivity contribution in [1.29, 1.82) is 0 Å². The molecule has 3 rings (SSSR count). The number of carbonyl (C=O) groups is 2. The highest BCUT2D eigenvalue weighted by atomic mass is 35.5. The lowest BCUT2D eigenvalue weighted by Gasteiger charge is -2.34. The molecule has 0 unspecified atom stereocenters. The molecule has 2 amide bonds. The average molecular weight is 378 g/mol. The average Bonchev–Trinajstić information content (AvgIpc) is 3.03. The second-order valence-electron chi connectivity index (χ2n) is 5.97. The van der Waals surface area contributed by atoms with Gasteiger partial charge in [-0.05, 0) is 19.1 Å². The molecule has 0 saturated carbocycles. The fourth-order valence-corrected chi connectivity index (χ4v) is 4.00. The topological polar surface area (TPSA) is 53.5 Å². The first-order valence-corrected chi connectivity index (χ1v) is 9.49. The van der Waals surface area contributed by atoms with Crippen molar-refractivity contribution in [2.75, 3.05) is 26.2 Å². The Morgan fingerprint density at radius 3 is 2.32 bits per heavy atom. The zero-order valence-electron chi connectivity index (χ0n) is 14.3. The number of nitrogens with zero attached hydrogens (tertiary/aromatic N) is 3. The van der Waals surface area contributed by atoms with E-state index in [-0.39, 0.29) is 11.8 Å². The van der Waals surface area contributed by atoms with Crippen LogP contribution >= 0.6 is 22.9 Å². The second kappa shape index (κ2) is 7.54. The van der Waals surface area contributed by atoms with Crippen LogP contribution in [0.5, 0.6) is 0 Å². The van der Waals surface area contributed by atoms with E-state index in [9.17, 15) is 9.59 Å². The van der Waals surface area contributed by atoms with Crippen LogP contribution < -0.4 is 0 Å². The molecule has 1 fully saturated rings. The molecule has 25 heavy (non-hydrogen) atoms. The normalized spacial score (nSPS) is 14.7. The van der Waals surface area contributed by atoms with E-state index < -0.39 is 0 Å². The molecule has 1 aromatic heterocycles. The first-order valence-electron chi connectivity index (χ1n) is 8.30. The minimum absolute atomic E-state index is 0.00110. The maximum atomic E-state index is 12.8. The molecule has 7 heteroatoms. The van der Waals surface area contributed by atoms with Crippen LogP contribution in [0.4, 0.5) is 0 Å². The summed E-state index contributed by atoms with van der Waals surface area (Å²) >= 11 is 7.33. The summed E-state index contributed by atoms with van der Waals surface area (Å²) in [5, 5.41) is 1.49. The predicted octanol–water partition coefficient (Wildman–Crippen LogP) is 3.47. The summed E-state index contributed by atoms with van der Waals surface area (Å²) in [5.41, 5.74) is 1.70. The zero-order valence-corrected chi connectivity index (χ0v) is 15.9. The van der Waals surface area contributed by atoms with Crippen LogP contribution in [0.15, 0.2) is 24.3 Å². The molecule has 0 spiro atoms. The van der Waals surface area contributed by atoms with Gasteiger partial charge in [-0.25, -0.2) is 4.98 Å². The van der Waals surface area contributed by atoms with Crippen molar-refractivity contribution in [3.63, 3.8) is 0 Å². The molecule has 0 aliphatic carbocycles. The van der Waals surface area contributed by atoms with Crippen LogP contribution in [0, 0.1) is 6.92 Å². The summed E-state index contributed by atoms with van der Waals surface area (Å²) in [4.78, 5) is 33.4. The standard InChI is InChI=1S/C18H20ClN3O2S/c1-3-15(23)21-8-10-22(11-9-21)18(24)16-12(2)20-17(25-16)13-4-6-14(19)7-5-13/h4-7H,3,8-11H2,1-2H3. The van der Waals surface area contributed by atoms with Crippen molar-refractivity contribution >= 4 is 34.8 Å². The van der Waals surface area contributed by atoms with Crippen molar-refractivity contribution < 1.29 is 9.59 Å². The molecule has 0 N–H and O–H groups in total. The Morgan fingerprint density at radius 1 is 1.12 bits per heavy atom. The summed E-state index contributed by atoms with van der Waals surface area (Å²) in [7, 11) is 0. The third-order valence-corrected chi connectivity index (χ3v) is 5.75. The lowest BCUT2D eigenvalue weighted by atomic mass is 10.2. The molecule has 0 radical (unpaired) electrons. The van der Waals surface area contributed by atoms with E-state index in [0.717, 1.165) is 16.3 Å². The Balaban J connectivity index is 1.73. The van der Waals surface area contributed by atoms with E-state index in [4.69, 9.17) is 11.6 Å². The number of carbonyl (C=O) groups excluding carboxylic acids is 2. The van der Waals surface area contributed by atoms with Crippen LogP contribution in [-0.4, -0.2) is 52.8 Å². The zero-order chi connectivity index (χ0) is 18.0. The van der Waals surface area contributed by atoms with Crippen molar-refractivity contribution in [2.24, 2.45) is 0 Å². The third kappa shape index (κ3) is 3.85. The molecule has 132 valence electrons. The van der Waals surface area contributed by atoms with E-state index in [1.165, 1.54) is 11.3 Å². The van der Waals surface area contributed by atoms with Crippen molar-refractivity contribution in [3.8, 4) is 10.6 Å². The molecule has 2 heterocycles. The number of thiazole rings is 1. The number of rotatable bonds is 3. The van der Waals surface area contributed by atoms with Crippen molar-refractivity contribution in [1.82, 2.24) is 14.8 Å². The fourth-order valence-electron chi connectivity index (χ4n) is 2.84. The van der Waals surface area contributed by atoms with Crippen molar-refractivity contribution in [3.05, 3.63) is 39.9 Å². The first kappa shape index (κ1) is 17.9. The van der Waals surface area contributed by atoms with Gasteiger partial charge in [-0.15, -0.1) is 11.3 Å². The molecular weight excluding hydrogens is 358 g/mol. The van der Waals surface area contributed by atoms with Gasteiger partial charge in [0.1, 0.15) is 9.88 Å². The van der Waals surface area contributed by atoms with Gasteiger partial charge in [-0.1, -0.05) is 30.7 Å². The van der Waals surface area contributed by atoms with Gasteiger partial charge in [0.15, 0.2) is 0 Å². The van der Waals surface area contributed by atoms with Gasteiger partial charge in [0.2, 0.25) is 5.91 Å². The maximum Gasteiger partial charge on any atom is 0.265 e. The molecule has 5 nitrogen and oxygen atoms in total. The van der Waals surface area contributed by atoms with Gasteiger partial charge in [0.05, 0.1) is 5.69 Å². The minimum atomic E-state index is -0.00110. The number of benzene rings is 1. The maximum absolute atomic E-state index is 12.8.